The van der Waals surface area contributed by atoms with E-state index in [1.807, 2.05) is 28.8 Å². The maximum absolute atomic E-state index is 14.5. The first-order valence-corrected chi connectivity index (χ1v) is 21.9. The van der Waals surface area contributed by atoms with Gasteiger partial charge in [-0.25, -0.2) is 13.4 Å². The average Bonchev–Trinajstić information content (AvgIpc) is 4.14. The van der Waals surface area contributed by atoms with E-state index in [1.165, 1.54) is 4.90 Å². The zero-order chi connectivity index (χ0) is 42.1. The van der Waals surface area contributed by atoms with Gasteiger partial charge < -0.3 is 9.80 Å². The van der Waals surface area contributed by atoms with E-state index in [-0.39, 0.29) is 70.0 Å². The summed E-state index contributed by atoms with van der Waals surface area (Å²) in [6.45, 7) is 1.93. The molecule has 2 spiro atoms. The maximum Gasteiger partial charge on any atom is 0.397 e. The molecule has 0 aromatic carbocycles. The largest absolute Gasteiger partial charge is 0.397 e. The Morgan fingerprint density at radius 2 is 1.28 bits per heavy atom. The summed E-state index contributed by atoms with van der Waals surface area (Å²) in [5.74, 6) is -1.07. The third-order valence-corrected chi connectivity index (χ3v) is 14.9. The van der Waals surface area contributed by atoms with E-state index in [0.717, 1.165) is 81.2 Å². The standard InChI is InChI=1S/C43H48F4N10O4/c44-42(14-15-42)37(61)55-22-41(23-55)12-8-25(9-13-41)31-16-27(17-33-49-39(53-57(31)33)50-35(59)26-4-5-26)28-18-29(28)36(60)51-38-48-32-3-1-2-30(56(32)52-38)24-6-10-40(11-7-24)20-54(21-40)34(58)19-43(45,46)47/h1-3,16-17,24-26,28-29H,4-15,18-23H2,(H,50,53,59)(H,51,52,60). The predicted molar refractivity (Wildman–Crippen MR) is 211 cm³/mol. The number of anilines is 2. The monoisotopic (exact) mass is 844 g/mol. The van der Waals surface area contributed by atoms with Crippen molar-refractivity contribution >= 4 is 46.8 Å². The molecule has 0 bridgehead atoms. The highest BCUT2D eigenvalue weighted by atomic mass is 19.4. The van der Waals surface area contributed by atoms with E-state index >= 15 is 0 Å². The van der Waals surface area contributed by atoms with Crippen LogP contribution in [0.1, 0.15) is 125 Å². The molecule has 5 aliphatic carbocycles. The fraction of sp³-hybridized carbons (Fsp3) is 0.628. The summed E-state index contributed by atoms with van der Waals surface area (Å²) in [5, 5.41) is 15.3. The molecule has 7 fully saturated rings. The second-order valence-electron chi connectivity index (χ2n) is 19.5. The molecule has 4 aromatic rings. The van der Waals surface area contributed by atoms with Gasteiger partial charge in [0.05, 0.1) is 0 Å². The smallest absolute Gasteiger partial charge is 0.341 e. The number of pyridine rings is 2. The summed E-state index contributed by atoms with van der Waals surface area (Å²) in [6, 6.07) is 9.84. The van der Waals surface area contributed by atoms with Crippen LogP contribution < -0.4 is 10.6 Å². The number of likely N-dealkylation sites (tertiary alicyclic amines) is 2. The molecule has 4 amide bonds. The number of amides is 4. The van der Waals surface area contributed by atoms with Gasteiger partial charge in [-0.1, -0.05) is 6.07 Å². The molecule has 5 saturated carbocycles. The number of nitrogens with one attached hydrogen (secondary N) is 2. The van der Waals surface area contributed by atoms with Gasteiger partial charge in [0.15, 0.2) is 17.0 Å². The number of carbonyl (C=O) groups is 4. The minimum Gasteiger partial charge on any atom is -0.341 e. The zero-order valence-corrected chi connectivity index (χ0v) is 33.7. The van der Waals surface area contributed by atoms with Crippen molar-refractivity contribution in [2.75, 3.05) is 36.8 Å². The topological polar surface area (TPSA) is 159 Å². The van der Waals surface area contributed by atoms with Gasteiger partial charge in [0.25, 0.3) is 5.91 Å². The van der Waals surface area contributed by atoms with Crippen LogP contribution >= 0.6 is 0 Å². The third-order valence-electron chi connectivity index (χ3n) is 14.9. The third kappa shape index (κ3) is 7.20. The Hall–Kier alpha value is -5.16. The van der Waals surface area contributed by atoms with Gasteiger partial charge in [-0.15, -0.1) is 10.2 Å². The Bertz CT molecular complexity index is 2460. The van der Waals surface area contributed by atoms with E-state index < -0.39 is 24.2 Å². The minimum atomic E-state index is -4.50. The molecular formula is C43H48F4N10O4. The normalized spacial score (nSPS) is 26.3. The molecule has 2 saturated heterocycles. The summed E-state index contributed by atoms with van der Waals surface area (Å²) >= 11 is 0. The van der Waals surface area contributed by atoms with Crippen molar-refractivity contribution in [3.63, 3.8) is 0 Å². The second-order valence-corrected chi connectivity index (χ2v) is 19.5. The quantitative estimate of drug-likeness (QED) is 0.186. The number of aromatic nitrogens is 6. The van der Waals surface area contributed by atoms with Crippen LogP contribution in [0.4, 0.5) is 29.5 Å². The highest BCUT2D eigenvalue weighted by Gasteiger charge is 2.58. The zero-order valence-electron chi connectivity index (χ0n) is 33.7. The number of rotatable bonds is 9. The molecule has 2 atom stereocenters. The summed E-state index contributed by atoms with van der Waals surface area (Å²) < 4.78 is 56.4. The van der Waals surface area contributed by atoms with Crippen LogP contribution in [0.15, 0.2) is 30.3 Å². The van der Waals surface area contributed by atoms with Gasteiger partial charge in [-0.3, -0.25) is 29.8 Å². The van der Waals surface area contributed by atoms with Crippen molar-refractivity contribution < 1.29 is 36.7 Å². The molecule has 7 aliphatic rings. The van der Waals surface area contributed by atoms with Crippen LogP contribution in [0.3, 0.4) is 0 Å². The Morgan fingerprint density at radius 3 is 1.89 bits per heavy atom. The number of halogens is 4. The first kappa shape index (κ1) is 38.7. The number of alkyl halides is 4. The van der Waals surface area contributed by atoms with E-state index in [9.17, 15) is 36.7 Å². The number of carbonyl (C=O) groups excluding carboxylic acids is 4. The first-order chi connectivity index (χ1) is 29.1. The molecular weight excluding hydrogens is 797 g/mol. The molecule has 18 heteroatoms. The maximum atomic E-state index is 14.5. The lowest BCUT2D eigenvalue weighted by Crippen LogP contribution is -2.61. The molecule has 2 N–H and O–H groups in total. The molecule has 2 unspecified atom stereocenters. The molecule has 11 rings (SSSR count). The SMILES string of the molecule is O=C(Nc1nc2cc(C3CC3C(=O)Nc3nc4cccc(C5CCC6(CC5)CN(C(=O)CC(F)(F)F)C6)n4n3)cc(C3CCC4(CC3)CN(C(=O)C3(F)CC3)C4)n2n1)C1CC1. The van der Waals surface area contributed by atoms with Crippen LogP contribution in [0, 0.1) is 22.7 Å². The Morgan fingerprint density at radius 1 is 0.705 bits per heavy atom. The van der Waals surface area contributed by atoms with Crippen LogP contribution in [-0.2, 0) is 19.2 Å². The van der Waals surface area contributed by atoms with Gasteiger partial charge in [0.2, 0.25) is 29.6 Å². The Labute approximate surface area is 348 Å². The molecule has 0 radical (unpaired) electrons. The van der Waals surface area contributed by atoms with Crippen molar-refractivity contribution in [3.8, 4) is 0 Å². The average molecular weight is 845 g/mol. The summed E-state index contributed by atoms with van der Waals surface area (Å²) in [7, 11) is 0. The van der Waals surface area contributed by atoms with Crippen molar-refractivity contribution in [2.24, 2.45) is 22.7 Å². The molecule has 2 aliphatic heterocycles. The van der Waals surface area contributed by atoms with Crippen LogP contribution in [0.25, 0.3) is 11.3 Å². The molecule has 4 aromatic heterocycles. The van der Waals surface area contributed by atoms with E-state index in [1.54, 1.807) is 9.42 Å². The van der Waals surface area contributed by atoms with Gasteiger partial charge >= 0.3 is 6.18 Å². The van der Waals surface area contributed by atoms with Gasteiger partial charge in [0, 0.05) is 72.1 Å². The Kier molecular flexibility index (Phi) is 8.68. The Balaban J connectivity index is 0.757. The second kappa shape index (κ2) is 13.7. The fourth-order valence-electron chi connectivity index (χ4n) is 10.9. The van der Waals surface area contributed by atoms with Crippen molar-refractivity contribution in [1.29, 1.82) is 0 Å². The van der Waals surface area contributed by atoms with Crippen LogP contribution in [0.2, 0.25) is 0 Å². The van der Waals surface area contributed by atoms with E-state index in [0.29, 0.717) is 56.7 Å². The minimum absolute atomic E-state index is 0.00535. The summed E-state index contributed by atoms with van der Waals surface area (Å²) in [4.78, 5) is 63.4. The number of nitrogens with zero attached hydrogens (tertiary/aromatic N) is 8. The highest BCUT2D eigenvalue weighted by molar-refractivity contribution is 5.94. The van der Waals surface area contributed by atoms with Crippen molar-refractivity contribution in [2.45, 2.75) is 119 Å². The lowest BCUT2D eigenvalue weighted by atomic mass is 9.65. The first-order valence-electron chi connectivity index (χ1n) is 21.9. The van der Waals surface area contributed by atoms with E-state index in [4.69, 9.17) is 15.2 Å². The van der Waals surface area contributed by atoms with Gasteiger partial charge in [-0.2, -0.15) is 23.1 Å². The van der Waals surface area contributed by atoms with Crippen molar-refractivity contribution in [1.82, 2.24) is 39.0 Å². The van der Waals surface area contributed by atoms with E-state index in [2.05, 4.69) is 21.7 Å². The highest BCUT2D eigenvalue weighted by Crippen LogP contribution is 2.53. The van der Waals surface area contributed by atoms with Crippen molar-refractivity contribution in [3.05, 3.63) is 47.3 Å². The fourth-order valence-corrected chi connectivity index (χ4v) is 10.9. The molecule has 322 valence electrons. The van der Waals surface area contributed by atoms with Gasteiger partial charge in [-0.05, 0) is 119 Å². The lowest BCUT2D eigenvalue weighted by Gasteiger charge is -2.53. The summed E-state index contributed by atoms with van der Waals surface area (Å²) in [6.07, 6.45) is 3.85. The number of hydrogen-bond donors (Lipinski definition) is 2. The van der Waals surface area contributed by atoms with Crippen LogP contribution in [-0.4, -0.2) is 101 Å². The predicted octanol–water partition coefficient (Wildman–Crippen LogP) is 6.29. The lowest BCUT2D eigenvalue weighted by molar-refractivity contribution is -0.171. The number of fused-ring (bicyclic) bond motifs is 2. The number of hydrogen-bond acceptors (Lipinski definition) is 8. The molecule has 14 nitrogen and oxygen atoms in total. The van der Waals surface area contributed by atoms with Gasteiger partial charge in [0.1, 0.15) is 6.42 Å². The van der Waals surface area contributed by atoms with Crippen LogP contribution in [0.5, 0.6) is 0 Å². The molecule has 6 heterocycles. The molecule has 61 heavy (non-hydrogen) atoms. The summed E-state index contributed by atoms with van der Waals surface area (Å²) in [5.41, 5.74) is 2.36.